The van der Waals surface area contributed by atoms with Crippen LogP contribution >= 0.6 is 0 Å². The van der Waals surface area contributed by atoms with Crippen molar-refractivity contribution in [3.05, 3.63) is 18.3 Å². The molecule has 7 heteroatoms. The number of nitrogens with zero attached hydrogens (tertiary/aromatic N) is 4. The molecule has 0 spiro atoms. The van der Waals surface area contributed by atoms with Gasteiger partial charge in [0, 0.05) is 6.20 Å². The molecule has 0 saturated heterocycles. The average molecular weight is 212 g/mol. The summed E-state index contributed by atoms with van der Waals surface area (Å²) < 4.78 is 24.5. The summed E-state index contributed by atoms with van der Waals surface area (Å²) in [4.78, 5) is 11.3. The van der Waals surface area contributed by atoms with E-state index in [4.69, 9.17) is 0 Å². The Hall–Kier alpha value is -1.92. The molecule has 0 aliphatic carbocycles. The Morgan fingerprint density at radius 1 is 1.47 bits per heavy atom. The first-order valence-electron chi connectivity index (χ1n) is 4.14. The summed E-state index contributed by atoms with van der Waals surface area (Å²) in [6.45, 7) is 0. The molecule has 0 fully saturated rings. The zero-order valence-corrected chi connectivity index (χ0v) is 7.47. The molecule has 15 heavy (non-hydrogen) atoms. The average Bonchev–Trinajstić information content (AvgIpc) is 2.62. The van der Waals surface area contributed by atoms with E-state index in [-0.39, 0.29) is 12.2 Å². The van der Waals surface area contributed by atoms with Crippen LogP contribution in [0.15, 0.2) is 23.4 Å². The first-order chi connectivity index (χ1) is 7.18. The monoisotopic (exact) mass is 212 g/mol. The number of carbonyl (C=O) groups is 1. The Balaban J connectivity index is 2.28. The van der Waals surface area contributed by atoms with Gasteiger partial charge in [-0.15, -0.1) is 5.10 Å². The summed E-state index contributed by atoms with van der Waals surface area (Å²) in [5, 5.41) is 11.5. The smallest absolute Gasteiger partial charge is 0.272 e. The molecule has 1 aliphatic heterocycles. The van der Waals surface area contributed by atoms with E-state index in [1.54, 1.807) is 6.07 Å². The molecule has 1 aromatic rings. The van der Waals surface area contributed by atoms with Gasteiger partial charge in [0.1, 0.15) is 5.71 Å². The maximum Gasteiger partial charge on any atom is 0.278 e. The SMILES string of the molecule is O=C1CC(C(F)F)=NN1c1cccnn1. The lowest BCUT2D eigenvalue weighted by molar-refractivity contribution is -0.117. The topological polar surface area (TPSA) is 58.5 Å². The second kappa shape index (κ2) is 3.68. The van der Waals surface area contributed by atoms with Crippen LogP contribution in [0.1, 0.15) is 6.42 Å². The van der Waals surface area contributed by atoms with Gasteiger partial charge in [-0.05, 0) is 12.1 Å². The number of hydrogen-bond acceptors (Lipinski definition) is 4. The first-order valence-corrected chi connectivity index (χ1v) is 4.14. The van der Waals surface area contributed by atoms with Crippen LogP contribution in [-0.2, 0) is 4.79 Å². The van der Waals surface area contributed by atoms with Crippen molar-refractivity contribution in [3.63, 3.8) is 0 Å². The maximum atomic E-state index is 12.3. The van der Waals surface area contributed by atoms with Crippen molar-refractivity contribution in [2.24, 2.45) is 5.10 Å². The minimum Gasteiger partial charge on any atom is -0.272 e. The van der Waals surface area contributed by atoms with Crippen molar-refractivity contribution in [2.45, 2.75) is 12.8 Å². The number of alkyl halides is 2. The molecule has 0 saturated carbocycles. The molecular weight excluding hydrogens is 206 g/mol. The normalized spacial score (nSPS) is 16.1. The van der Waals surface area contributed by atoms with Gasteiger partial charge in [0.25, 0.3) is 12.3 Å². The van der Waals surface area contributed by atoms with E-state index in [1.807, 2.05) is 0 Å². The summed E-state index contributed by atoms with van der Waals surface area (Å²) in [6.07, 6.45) is -1.66. The van der Waals surface area contributed by atoms with Crippen LogP contribution in [-0.4, -0.2) is 28.2 Å². The Bertz CT molecular complexity index is 406. The molecule has 0 N–H and O–H groups in total. The molecule has 78 valence electrons. The van der Waals surface area contributed by atoms with Crippen LogP contribution in [0.3, 0.4) is 0 Å². The van der Waals surface area contributed by atoms with Crippen molar-refractivity contribution in [1.29, 1.82) is 0 Å². The molecule has 5 nitrogen and oxygen atoms in total. The standard InChI is InChI=1S/C8H6F2N4O/c9-8(10)5-4-7(15)14(13-5)6-2-1-3-11-12-6/h1-3,8H,4H2. The Labute approximate surface area is 83.4 Å². The highest BCUT2D eigenvalue weighted by molar-refractivity contribution is 6.13. The summed E-state index contributed by atoms with van der Waals surface area (Å²) in [6, 6.07) is 3.02. The fourth-order valence-electron chi connectivity index (χ4n) is 1.16. The van der Waals surface area contributed by atoms with Gasteiger partial charge in [0.05, 0.1) is 6.42 Å². The summed E-state index contributed by atoms with van der Waals surface area (Å²) in [7, 11) is 0. The molecule has 1 amide bonds. The number of aromatic nitrogens is 2. The van der Waals surface area contributed by atoms with Gasteiger partial charge in [0.15, 0.2) is 5.82 Å². The van der Waals surface area contributed by atoms with Gasteiger partial charge in [-0.25, -0.2) is 8.78 Å². The lowest BCUT2D eigenvalue weighted by atomic mass is 10.3. The van der Waals surface area contributed by atoms with Gasteiger partial charge in [-0.1, -0.05) is 0 Å². The van der Waals surface area contributed by atoms with Crippen molar-refractivity contribution < 1.29 is 13.6 Å². The zero-order chi connectivity index (χ0) is 10.8. The van der Waals surface area contributed by atoms with Crippen molar-refractivity contribution in [1.82, 2.24) is 10.2 Å². The third kappa shape index (κ3) is 1.80. The molecule has 0 aromatic carbocycles. The fraction of sp³-hybridized carbons (Fsp3) is 0.250. The lowest BCUT2D eigenvalue weighted by Crippen LogP contribution is -2.20. The van der Waals surface area contributed by atoms with Crippen LogP contribution in [0.25, 0.3) is 0 Å². The number of anilines is 1. The maximum absolute atomic E-state index is 12.3. The number of hydrogen-bond donors (Lipinski definition) is 0. The van der Waals surface area contributed by atoms with Gasteiger partial charge < -0.3 is 0 Å². The van der Waals surface area contributed by atoms with E-state index in [0.29, 0.717) is 0 Å². The summed E-state index contributed by atoms with van der Waals surface area (Å²) >= 11 is 0. The predicted octanol–water partition coefficient (Wildman–Crippen LogP) is 0.834. The molecule has 1 aromatic heterocycles. The van der Waals surface area contributed by atoms with E-state index in [2.05, 4.69) is 15.3 Å². The van der Waals surface area contributed by atoms with Gasteiger partial charge in [0.2, 0.25) is 0 Å². The Kier molecular flexibility index (Phi) is 2.36. The van der Waals surface area contributed by atoms with Crippen LogP contribution in [0.2, 0.25) is 0 Å². The third-order valence-corrected chi connectivity index (χ3v) is 1.82. The number of rotatable bonds is 2. The highest BCUT2D eigenvalue weighted by Crippen LogP contribution is 2.19. The Morgan fingerprint density at radius 3 is 2.80 bits per heavy atom. The number of amides is 1. The molecular formula is C8H6F2N4O. The van der Waals surface area contributed by atoms with E-state index in [1.165, 1.54) is 12.3 Å². The van der Waals surface area contributed by atoms with E-state index >= 15 is 0 Å². The second-order valence-electron chi connectivity index (χ2n) is 2.86. The second-order valence-corrected chi connectivity index (χ2v) is 2.86. The summed E-state index contributed by atoms with van der Waals surface area (Å²) in [5.41, 5.74) is -0.439. The molecule has 2 rings (SSSR count). The third-order valence-electron chi connectivity index (χ3n) is 1.82. The first kappa shape index (κ1) is 9.63. The van der Waals surface area contributed by atoms with Crippen LogP contribution in [0.4, 0.5) is 14.6 Å². The van der Waals surface area contributed by atoms with Crippen LogP contribution in [0.5, 0.6) is 0 Å². The molecule has 0 radical (unpaired) electrons. The number of hydrazone groups is 1. The summed E-state index contributed by atoms with van der Waals surface area (Å²) in [5.74, 6) is -0.371. The molecule has 2 heterocycles. The quantitative estimate of drug-likeness (QED) is 0.729. The molecule has 0 bridgehead atoms. The number of halogens is 2. The van der Waals surface area contributed by atoms with E-state index < -0.39 is 18.0 Å². The fourth-order valence-corrected chi connectivity index (χ4v) is 1.16. The van der Waals surface area contributed by atoms with Crippen LogP contribution < -0.4 is 5.01 Å². The molecule has 0 atom stereocenters. The van der Waals surface area contributed by atoms with Crippen molar-refractivity contribution >= 4 is 17.4 Å². The predicted molar refractivity (Wildman–Crippen MR) is 47.6 cm³/mol. The van der Waals surface area contributed by atoms with E-state index in [0.717, 1.165) is 5.01 Å². The Morgan fingerprint density at radius 2 is 2.27 bits per heavy atom. The largest absolute Gasteiger partial charge is 0.278 e. The van der Waals surface area contributed by atoms with E-state index in [9.17, 15) is 13.6 Å². The highest BCUT2D eigenvalue weighted by Gasteiger charge is 2.30. The zero-order valence-electron chi connectivity index (χ0n) is 7.47. The van der Waals surface area contributed by atoms with Gasteiger partial charge in [-0.2, -0.15) is 15.2 Å². The van der Waals surface area contributed by atoms with Crippen LogP contribution in [0, 0.1) is 0 Å². The lowest BCUT2D eigenvalue weighted by Gasteiger charge is -2.07. The van der Waals surface area contributed by atoms with Gasteiger partial charge >= 0.3 is 0 Å². The van der Waals surface area contributed by atoms with Gasteiger partial charge in [-0.3, -0.25) is 4.79 Å². The molecule has 1 aliphatic rings. The van der Waals surface area contributed by atoms with Crippen molar-refractivity contribution in [3.8, 4) is 0 Å². The minimum absolute atomic E-state index is 0.151. The molecule has 0 unspecified atom stereocenters. The minimum atomic E-state index is -2.71. The number of carbonyl (C=O) groups excluding carboxylic acids is 1. The van der Waals surface area contributed by atoms with Crippen molar-refractivity contribution in [2.75, 3.05) is 5.01 Å². The highest BCUT2D eigenvalue weighted by atomic mass is 19.3.